The molecular weight excluding hydrogens is 561 g/mol. The first-order chi connectivity index (χ1) is 22.8. The van der Waals surface area contributed by atoms with E-state index in [9.17, 15) is 0 Å². The molecule has 214 valence electrons. The molecule has 7 aromatic rings. The van der Waals surface area contributed by atoms with Crippen LogP contribution in [0.3, 0.4) is 0 Å². The fourth-order valence-electron chi connectivity index (χ4n) is 7.44. The minimum absolute atomic E-state index is 0.0260. The summed E-state index contributed by atoms with van der Waals surface area (Å²) in [6.07, 6.45) is 0. The van der Waals surface area contributed by atoms with Gasteiger partial charge in [0, 0.05) is 22.5 Å². The summed E-state index contributed by atoms with van der Waals surface area (Å²) in [6.45, 7) is -0.0260. The molecule has 4 heteroatoms. The van der Waals surface area contributed by atoms with Crippen LogP contribution in [0.2, 0.25) is 0 Å². The van der Waals surface area contributed by atoms with Crippen LogP contribution < -0.4 is 30.8 Å². The maximum atomic E-state index is 6.94. The van der Waals surface area contributed by atoms with Crippen molar-refractivity contribution in [2.75, 3.05) is 4.90 Å². The number of para-hydroxylation sites is 1. The van der Waals surface area contributed by atoms with Crippen LogP contribution in [-0.4, -0.2) is 6.71 Å². The van der Waals surface area contributed by atoms with E-state index in [0.717, 1.165) is 78.9 Å². The van der Waals surface area contributed by atoms with Crippen molar-refractivity contribution < 1.29 is 9.47 Å². The van der Waals surface area contributed by atoms with Gasteiger partial charge in [-0.25, -0.2) is 0 Å². The molecule has 0 radical (unpaired) electrons. The number of benzene rings is 7. The van der Waals surface area contributed by atoms with Gasteiger partial charge in [-0.15, -0.1) is 0 Å². The molecule has 0 fully saturated rings. The Balaban J connectivity index is 1.31. The van der Waals surface area contributed by atoms with Crippen molar-refractivity contribution in [3.05, 3.63) is 158 Å². The molecule has 0 saturated heterocycles. The summed E-state index contributed by atoms with van der Waals surface area (Å²) in [4.78, 5) is 2.40. The van der Waals surface area contributed by atoms with E-state index in [2.05, 4.69) is 157 Å². The topological polar surface area (TPSA) is 21.7 Å². The van der Waals surface area contributed by atoms with Crippen molar-refractivity contribution in [3.63, 3.8) is 0 Å². The molecule has 0 aliphatic carbocycles. The van der Waals surface area contributed by atoms with E-state index in [1.54, 1.807) is 0 Å². The Labute approximate surface area is 268 Å². The van der Waals surface area contributed by atoms with Crippen LogP contribution >= 0.6 is 0 Å². The Hall–Kier alpha value is -6.00. The molecule has 0 aromatic heterocycles. The molecule has 7 aromatic carbocycles. The molecule has 0 unspecified atom stereocenters. The van der Waals surface area contributed by atoms with Gasteiger partial charge in [-0.05, 0) is 92.8 Å². The largest absolute Gasteiger partial charge is 0.458 e. The summed E-state index contributed by atoms with van der Waals surface area (Å²) in [5.41, 5.74) is 13.5. The van der Waals surface area contributed by atoms with E-state index in [1.807, 2.05) is 6.07 Å². The van der Waals surface area contributed by atoms with Crippen molar-refractivity contribution in [1.29, 1.82) is 0 Å². The molecule has 0 bridgehead atoms. The highest BCUT2D eigenvalue weighted by atomic mass is 16.5. The number of hydrogen-bond donors (Lipinski definition) is 0. The SMILES string of the molecule is c1ccc(-c2cc3c4c(c2)Oc2cc(-c5ccccc5)cc5c2B4c2c(cc(-c4ccccc4)cc2N5c2ccccc2)O3)cc1. The van der Waals surface area contributed by atoms with Gasteiger partial charge in [0.25, 0.3) is 6.71 Å². The normalized spacial score (nSPS) is 13.0. The molecule has 10 rings (SSSR count). The average Bonchev–Trinajstić information content (AvgIpc) is 3.12. The summed E-state index contributed by atoms with van der Waals surface area (Å²) in [6, 6.07) is 55.7. The molecule has 46 heavy (non-hydrogen) atoms. The van der Waals surface area contributed by atoms with Crippen LogP contribution in [0.1, 0.15) is 0 Å². The lowest BCUT2D eigenvalue weighted by Gasteiger charge is -2.43. The second-order valence-corrected chi connectivity index (χ2v) is 12.1. The average molecular weight is 587 g/mol. The molecule has 0 N–H and O–H groups in total. The lowest BCUT2D eigenvalue weighted by molar-refractivity contribution is 0.465. The van der Waals surface area contributed by atoms with Gasteiger partial charge in [0.1, 0.15) is 23.0 Å². The highest BCUT2D eigenvalue weighted by molar-refractivity contribution is 7.00. The Morgan fingerprint density at radius 2 is 0.696 bits per heavy atom. The van der Waals surface area contributed by atoms with Crippen LogP contribution in [0.25, 0.3) is 33.4 Å². The van der Waals surface area contributed by atoms with Crippen LogP contribution in [0.5, 0.6) is 23.0 Å². The second-order valence-electron chi connectivity index (χ2n) is 12.1. The molecule has 3 heterocycles. The fourth-order valence-corrected chi connectivity index (χ4v) is 7.44. The van der Waals surface area contributed by atoms with Crippen LogP contribution in [0.4, 0.5) is 17.1 Å². The van der Waals surface area contributed by atoms with Crippen LogP contribution in [0, 0.1) is 0 Å². The van der Waals surface area contributed by atoms with Gasteiger partial charge >= 0.3 is 0 Å². The standard InChI is InChI=1S/C42H26BNO2/c1-5-13-27(14-6-1)30-21-34-40-36(23-30)45-38-25-32(29-17-9-3-10-18-29)26-39-42(38)43(40)41-35(44(34)33-19-11-4-12-20-33)22-31(24-37(41)46-39)28-15-7-2-8-16-28/h1-26H. The molecule has 0 amide bonds. The van der Waals surface area contributed by atoms with Gasteiger partial charge < -0.3 is 14.4 Å². The molecule has 3 aliphatic rings. The van der Waals surface area contributed by atoms with Gasteiger partial charge in [-0.2, -0.15) is 0 Å². The third-order valence-corrected chi connectivity index (χ3v) is 9.47. The first-order valence-corrected chi connectivity index (χ1v) is 15.7. The summed E-state index contributed by atoms with van der Waals surface area (Å²) >= 11 is 0. The monoisotopic (exact) mass is 587 g/mol. The quantitative estimate of drug-likeness (QED) is 0.192. The molecular formula is C42H26BNO2. The van der Waals surface area contributed by atoms with Crippen molar-refractivity contribution in [2.45, 2.75) is 0 Å². The minimum atomic E-state index is -0.0260. The molecule has 3 nitrogen and oxygen atoms in total. The van der Waals surface area contributed by atoms with Gasteiger partial charge in [0.2, 0.25) is 0 Å². The number of ether oxygens (including phenoxy) is 2. The zero-order valence-electron chi connectivity index (χ0n) is 24.9. The van der Waals surface area contributed by atoms with E-state index in [-0.39, 0.29) is 6.71 Å². The number of anilines is 3. The highest BCUT2D eigenvalue weighted by Crippen LogP contribution is 2.49. The lowest BCUT2D eigenvalue weighted by atomic mass is 9.33. The predicted octanol–water partition coefficient (Wildman–Crippen LogP) is 9.20. The summed E-state index contributed by atoms with van der Waals surface area (Å²) < 4.78 is 13.9. The number of hydrogen-bond acceptors (Lipinski definition) is 3. The zero-order chi connectivity index (χ0) is 30.2. The van der Waals surface area contributed by atoms with E-state index < -0.39 is 0 Å². The van der Waals surface area contributed by atoms with Crippen molar-refractivity contribution in [1.82, 2.24) is 0 Å². The summed E-state index contributed by atoms with van der Waals surface area (Å²) in [5, 5.41) is 0. The lowest BCUT2D eigenvalue weighted by Crippen LogP contribution is -2.61. The van der Waals surface area contributed by atoms with Crippen molar-refractivity contribution >= 4 is 40.2 Å². The molecule has 0 atom stereocenters. The second kappa shape index (κ2) is 9.75. The van der Waals surface area contributed by atoms with Gasteiger partial charge in [0.05, 0.1) is 0 Å². The van der Waals surface area contributed by atoms with Gasteiger partial charge in [-0.3, -0.25) is 0 Å². The van der Waals surface area contributed by atoms with Crippen molar-refractivity contribution in [2.24, 2.45) is 0 Å². The maximum Gasteiger partial charge on any atom is 0.266 e. The fraction of sp³-hybridized carbons (Fsp3) is 0. The zero-order valence-corrected chi connectivity index (χ0v) is 24.9. The summed E-state index contributed by atoms with van der Waals surface area (Å²) in [7, 11) is 0. The first-order valence-electron chi connectivity index (χ1n) is 15.7. The smallest absolute Gasteiger partial charge is 0.266 e. The first kappa shape index (κ1) is 25.3. The van der Waals surface area contributed by atoms with Crippen LogP contribution in [-0.2, 0) is 0 Å². The molecule has 0 saturated carbocycles. The van der Waals surface area contributed by atoms with E-state index >= 15 is 0 Å². The van der Waals surface area contributed by atoms with E-state index in [4.69, 9.17) is 9.47 Å². The Morgan fingerprint density at radius 3 is 1.11 bits per heavy atom. The number of nitrogens with zero attached hydrogens (tertiary/aromatic N) is 1. The molecule has 0 spiro atoms. The highest BCUT2D eigenvalue weighted by Gasteiger charge is 2.48. The Morgan fingerprint density at radius 1 is 0.348 bits per heavy atom. The van der Waals surface area contributed by atoms with Gasteiger partial charge in [0.15, 0.2) is 0 Å². The Bertz CT molecular complexity index is 2180. The third kappa shape index (κ3) is 3.74. The summed E-state index contributed by atoms with van der Waals surface area (Å²) in [5.74, 6) is 3.47. The predicted molar refractivity (Wildman–Crippen MR) is 189 cm³/mol. The number of rotatable bonds is 4. The molecule has 3 aliphatic heterocycles. The van der Waals surface area contributed by atoms with E-state index in [1.165, 1.54) is 10.9 Å². The third-order valence-electron chi connectivity index (χ3n) is 9.47. The van der Waals surface area contributed by atoms with Crippen molar-refractivity contribution in [3.8, 4) is 56.4 Å². The maximum absolute atomic E-state index is 6.94. The van der Waals surface area contributed by atoms with Crippen LogP contribution in [0.15, 0.2) is 158 Å². The minimum Gasteiger partial charge on any atom is -0.458 e. The van der Waals surface area contributed by atoms with Gasteiger partial charge in [-0.1, -0.05) is 109 Å². The Kier molecular flexibility index (Phi) is 5.37. The van der Waals surface area contributed by atoms with E-state index in [0.29, 0.717) is 0 Å².